The van der Waals surface area contributed by atoms with Crippen molar-refractivity contribution in [1.82, 2.24) is 20.1 Å². The van der Waals surface area contributed by atoms with Crippen LogP contribution in [-0.2, 0) is 11.3 Å². The minimum atomic E-state index is -0.412. The van der Waals surface area contributed by atoms with E-state index in [2.05, 4.69) is 34.7 Å². The van der Waals surface area contributed by atoms with Gasteiger partial charge in [-0.15, -0.1) is 10.2 Å². The quantitative estimate of drug-likeness (QED) is 0.245. The molecule has 1 atom stereocenters. The van der Waals surface area contributed by atoms with Crippen molar-refractivity contribution in [3.05, 3.63) is 67.9 Å². The predicted molar refractivity (Wildman–Crippen MR) is 148 cm³/mol. The molecule has 0 saturated heterocycles. The van der Waals surface area contributed by atoms with Gasteiger partial charge in [0.25, 0.3) is 5.91 Å². The molecule has 12 heteroatoms. The molecule has 0 saturated carbocycles. The molecule has 36 heavy (non-hydrogen) atoms. The van der Waals surface area contributed by atoms with Gasteiger partial charge >= 0.3 is 0 Å². The van der Waals surface area contributed by atoms with Gasteiger partial charge in [0.1, 0.15) is 0 Å². The Kier molecular flexibility index (Phi) is 10.3. The lowest BCUT2D eigenvalue weighted by Crippen LogP contribution is -2.32. The highest BCUT2D eigenvalue weighted by Gasteiger charge is 2.25. The Morgan fingerprint density at radius 2 is 1.69 bits per heavy atom. The van der Waals surface area contributed by atoms with Crippen molar-refractivity contribution in [2.24, 2.45) is 5.92 Å². The molecule has 0 radical (unpaired) electrons. The van der Waals surface area contributed by atoms with Crippen LogP contribution in [0.4, 0.5) is 5.69 Å². The number of carbonyl (C=O) groups excluding carboxylic acids is 2. The standard InChI is InChI=1S/C24H25Cl4N5O2S/c1-4-33-22(20(9-13(2)3)30-23(35)16-7-5-14(25)10-18(16)28)31-32-24(33)36-12-21(34)29-19-11-15(26)6-8-17(19)27/h5-8,10-11,13,20H,4,9,12H2,1-3H3,(H,29,34)(H,30,35)/t20-/m1/s1. The number of nitrogens with one attached hydrogen (secondary N) is 2. The van der Waals surface area contributed by atoms with Gasteiger partial charge in [-0.05, 0) is 55.7 Å². The zero-order valence-electron chi connectivity index (χ0n) is 19.8. The fourth-order valence-electron chi connectivity index (χ4n) is 3.48. The number of thioether (sulfide) groups is 1. The van der Waals surface area contributed by atoms with Crippen LogP contribution in [0.2, 0.25) is 20.1 Å². The second-order valence-corrected chi connectivity index (χ2v) is 11.0. The van der Waals surface area contributed by atoms with E-state index in [9.17, 15) is 9.59 Å². The zero-order valence-corrected chi connectivity index (χ0v) is 23.7. The van der Waals surface area contributed by atoms with Crippen LogP contribution >= 0.6 is 58.2 Å². The van der Waals surface area contributed by atoms with Gasteiger partial charge in [-0.2, -0.15) is 0 Å². The fourth-order valence-corrected chi connectivity index (χ4v) is 5.12. The summed E-state index contributed by atoms with van der Waals surface area (Å²) in [5.41, 5.74) is 0.760. The summed E-state index contributed by atoms with van der Waals surface area (Å²) in [6.45, 7) is 6.62. The third-order valence-electron chi connectivity index (χ3n) is 5.10. The Bertz CT molecular complexity index is 1250. The Labute approximate surface area is 234 Å². The molecule has 0 unspecified atom stereocenters. The van der Waals surface area contributed by atoms with Crippen LogP contribution < -0.4 is 10.6 Å². The Morgan fingerprint density at radius 1 is 1.00 bits per heavy atom. The highest BCUT2D eigenvalue weighted by atomic mass is 35.5. The summed E-state index contributed by atoms with van der Waals surface area (Å²) in [5, 5.41) is 16.6. The van der Waals surface area contributed by atoms with E-state index < -0.39 is 6.04 Å². The number of benzene rings is 2. The van der Waals surface area contributed by atoms with Crippen molar-refractivity contribution in [1.29, 1.82) is 0 Å². The molecule has 3 rings (SSSR count). The van der Waals surface area contributed by atoms with E-state index in [0.717, 1.165) is 0 Å². The number of hydrogen-bond acceptors (Lipinski definition) is 5. The number of nitrogens with zero attached hydrogens (tertiary/aromatic N) is 3. The molecule has 2 N–H and O–H groups in total. The number of halogens is 4. The summed E-state index contributed by atoms with van der Waals surface area (Å²) in [6.07, 6.45) is 0.632. The lowest BCUT2D eigenvalue weighted by atomic mass is 10.0. The summed E-state index contributed by atoms with van der Waals surface area (Å²) in [4.78, 5) is 25.5. The van der Waals surface area contributed by atoms with Crippen LogP contribution in [0.3, 0.4) is 0 Å². The molecule has 3 aromatic rings. The first-order chi connectivity index (χ1) is 17.1. The first-order valence-corrected chi connectivity index (χ1v) is 13.7. The van der Waals surface area contributed by atoms with Crippen molar-refractivity contribution in [3.8, 4) is 0 Å². The first-order valence-electron chi connectivity index (χ1n) is 11.2. The number of carbonyl (C=O) groups is 2. The highest BCUT2D eigenvalue weighted by Crippen LogP contribution is 2.28. The molecule has 0 spiro atoms. The minimum Gasteiger partial charge on any atom is -0.342 e. The van der Waals surface area contributed by atoms with Gasteiger partial charge < -0.3 is 15.2 Å². The number of anilines is 1. The molecular formula is C24H25Cl4N5O2S. The maximum Gasteiger partial charge on any atom is 0.253 e. The largest absolute Gasteiger partial charge is 0.342 e. The maximum atomic E-state index is 13.0. The van der Waals surface area contributed by atoms with Gasteiger partial charge in [0.15, 0.2) is 11.0 Å². The van der Waals surface area contributed by atoms with Crippen molar-refractivity contribution in [2.45, 2.75) is 44.9 Å². The fraction of sp³-hybridized carbons (Fsp3) is 0.333. The topological polar surface area (TPSA) is 88.9 Å². The molecule has 0 aliphatic heterocycles. The average Bonchev–Trinajstić information content (AvgIpc) is 3.22. The predicted octanol–water partition coefficient (Wildman–Crippen LogP) is 7.16. The van der Waals surface area contributed by atoms with Gasteiger partial charge in [-0.1, -0.05) is 72.0 Å². The van der Waals surface area contributed by atoms with E-state index in [1.807, 2.05) is 11.5 Å². The molecule has 0 aliphatic rings. The van der Waals surface area contributed by atoms with Gasteiger partial charge in [0.05, 0.1) is 33.1 Å². The number of amides is 2. The van der Waals surface area contributed by atoms with Crippen molar-refractivity contribution >= 4 is 75.7 Å². The molecule has 0 bridgehead atoms. The van der Waals surface area contributed by atoms with E-state index in [1.54, 1.807) is 30.3 Å². The molecule has 0 aliphatic carbocycles. The number of aromatic nitrogens is 3. The summed E-state index contributed by atoms with van der Waals surface area (Å²) >= 11 is 25.6. The zero-order chi connectivity index (χ0) is 26.4. The van der Waals surface area contributed by atoms with Crippen LogP contribution in [0, 0.1) is 5.92 Å². The Balaban J connectivity index is 1.76. The van der Waals surface area contributed by atoms with Crippen molar-refractivity contribution < 1.29 is 9.59 Å². The Morgan fingerprint density at radius 3 is 2.36 bits per heavy atom. The van der Waals surface area contributed by atoms with Crippen LogP contribution in [0.1, 0.15) is 49.4 Å². The summed E-state index contributed by atoms with van der Waals surface area (Å²) in [5.74, 6) is 0.358. The third kappa shape index (κ3) is 7.52. The number of hydrogen-bond donors (Lipinski definition) is 2. The van der Waals surface area contributed by atoms with Crippen molar-refractivity contribution in [3.63, 3.8) is 0 Å². The molecule has 192 valence electrons. The molecular weight excluding hydrogens is 564 g/mol. The van der Waals surface area contributed by atoms with E-state index in [1.165, 1.54) is 17.8 Å². The first kappa shape index (κ1) is 28.6. The lowest BCUT2D eigenvalue weighted by molar-refractivity contribution is -0.113. The van der Waals surface area contributed by atoms with E-state index in [-0.39, 0.29) is 28.5 Å². The molecule has 1 aromatic heterocycles. The molecule has 1 heterocycles. The molecule has 2 amide bonds. The van der Waals surface area contributed by atoms with Crippen LogP contribution in [0.5, 0.6) is 0 Å². The average molecular weight is 589 g/mol. The summed E-state index contributed by atoms with van der Waals surface area (Å²) in [7, 11) is 0. The lowest BCUT2D eigenvalue weighted by Gasteiger charge is -2.21. The van der Waals surface area contributed by atoms with Gasteiger partial charge in [0, 0.05) is 16.6 Å². The van der Waals surface area contributed by atoms with Gasteiger partial charge in [0.2, 0.25) is 5.91 Å². The SMILES string of the molecule is CCn1c(SCC(=O)Nc2cc(Cl)ccc2Cl)nnc1[C@@H](CC(C)C)NC(=O)c1ccc(Cl)cc1Cl. The van der Waals surface area contributed by atoms with Gasteiger partial charge in [-0.3, -0.25) is 9.59 Å². The molecule has 7 nitrogen and oxygen atoms in total. The third-order valence-corrected chi connectivity index (χ3v) is 7.18. The summed E-state index contributed by atoms with van der Waals surface area (Å²) in [6, 6.07) is 9.17. The second kappa shape index (κ2) is 13.0. The van der Waals surface area contributed by atoms with E-state index >= 15 is 0 Å². The maximum absolute atomic E-state index is 13.0. The monoisotopic (exact) mass is 587 g/mol. The van der Waals surface area contributed by atoms with E-state index in [0.29, 0.717) is 50.3 Å². The Hall–Kier alpha value is -1.97. The normalized spacial score (nSPS) is 12.0. The summed E-state index contributed by atoms with van der Waals surface area (Å²) < 4.78 is 1.89. The molecule has 2 aromatic carbocycles. The molecule has 0 fully saturated rings. The highest BCUT2D eigenvalue weighted by molar-refractivity contribution is 7.99. The number of rotatable bonds is 10. The second-order valence-electron chi connectivity index (χ2n) is 8.33. The van der Waals surface area contributed by atoms with Crippen molar-refractivity contribution in [2.75, 3.05) is 11.1 Å². The van der Waals surface area contributed by atoms with Gasteiger partial charge in [-0.25, -0.2) is 0 Å². The minimum absolute atomic E-state index is 0.0859. The van der Waals surface area contributed by atoms with Crippen LogP contribution in [0.25, 0.3) is 0 Å². The van der Waals surface area contributed by atoms with E-state index in [4.69, 9.17) is 46.4 Å². The van der Waals surface area contributed by atoms with Crippen LogP contribution in [0.15, 0.2) is 41.6 Å². The smallest absolute Gasteiger partial charge is 0.253 e. The van der Waals surface area contributed by atoms with Crippen LogP contribution in [-0.4, -0.2) is 32.3 Å².